The van der Waals surface area contributed by atoms with Gasteiger partial charge in [-0.2, -0.15) is 0 Å². The molecule has 2 aromatic rings. The second-order valence-electron chi connectivity index (χ2n) is 12.4. The maximum atomic E-state index is 13.9. The third-order valence-electron chi connectivity index (χ3n) is 8.63. The van der Waals surface area contributed by atoms with E-state index in [9.17, 15) is 14.7 Å². The van der Waals surface area contributed by atoms with Gasteiger partial charge in [-0.1, -0.05) is 49.1 Å². The highest BCUT2D eigenvalue weighted by molar-refractivity contribution is 5.86. The van der Waals surface area contributed by atoms with E-state index in [2.05, 4.69) is 23.7 Å². The number of aliphatic hydroxyl groups is 1. The summed E-state index contributed by atoms with van der Waals surface area (Å²) in [7, 11) is 2.73. The van der Waals surface area contributed by atoms with Crippen molar-refractivity contribution in [2.24, 2.45) is 0 Å². The lowest BCUT2D eigenvalue weighted by atomic mass is 9.87. The highest BCUT2D eigenvalue weighted by atomic mass is 16.7. The maximum Gasteiger partial charge on any atom is 0.340 e. The van der Waals surface area contributed by atoms with Crippen LogP contribution in [0.15, 0.2) is 54.3 Å². The Morgan fingerprint density at radius 2 is 1.85 bits per heavy atom. The summed E-state index contributed by atoms with van der Waals surface area (Å²) in [6.45, 7) is 7.82. The number of hydrogen-bond donors (Lipinski definition) is 1. The van der Waals surface area contributed by atoms with Crippen LogP contribution in [0.25, 0.3) is 0 Å². The van der Waals surface area contributed by atoms with Gasteiger partial charge in [-0.15, -0.1) is 0 Å². The van der Waals surface area contributed by atoms with E-state index in [0.717, 1.165) is 42.6 Å². The largest absolute Gasteiger partial charge is 0.497 e. The first-order valence-corrected chi connectivity index (χ1v) is 15.7. The summed E-state index contributed by atoms with van der Waals surface area (Å²) in [6.07, 6.45) is 1.83. The lowest BCUT2D eigenvalue weighted by molar-refractivity contribution is -0.176. The molecule has 1 unspecified atom stereocenters. The molecule has 0 fully saturated rings. The summed E-state index contributed by atoms with van der Waals surface area (Å²) < 4.78 is 34.1. The molecule has 2 heterocycles. The summed E-state index contributed by atoms with van der Waals surface area (Å²) in [6, 6.07) is 13.5. The highest BCUT2D eigenvalue weighted by Crippen LogP contribution is 2.47. The Balaban J connectivity index is 1.41. The molecule has 46 heavy (non-hydrogen) atoms. The molecule has 3 aliphatic rings. The summed E-state index contributed by atoms with van der Waals surface area (Å²) >= 11 is 0. The van der Waals surface area contributed by atoms with Gasteiger partial charge in [-0.3, -0.25) is 9.69 Å². The minimum atomic E-state index is -2.28. The number of esters is 2. The van der Waals surface area contributed by atoms with Crippen LogP contribution in [0.1, 0.15) is 62.6 Å². The molecule has 2 aromatic carbocycles. The molecular weight excluding hydrogens is 590 g/mol. The van der Waals surface area contributed by atoms with E-state index in [4.69, 9.17) is 28.4 Å². The highest BCUT2D eigenvalue weighted by Gasteiger charge is 2.50. The fourth-order valence-corrected chi connectivity index (χ4v) is 6.23. The van der Waals surface area contributed by atoms with Gasteiger partial charge in [0.25, 0.3) is 0 Å². The Morgan fingerprint density at radius 1 is 1.11 bits per heavy atom. The van der Waals surface area contributed by atoms with Crippen LogP contribution in [0.5, 0.6) is 11.5 Å². The maximum absolute atomic E-state index is 13.9. The monoisotopic (exact) mass is 633 g/mol. The molecule has 5 rings (SSSR count). The van der Waals surface area contributed by atoms with Crippen molar-refractivity contribution < 1.29 is 43.1 Å². The van der Waals surface area contributed by atoms with Gasteiger partial charge in [0.2, 0.25) is 6.79 Å². The predicted octanol–water partition coefficient (Wildman–Crippen LogP) is 4.27. The van der Waals surface area contributed by atoms with Crippen LogP contribution in [-0.4, -0.2) is 79.4 Å². The minimum Gasteiger partial charge on any atom is -0.497 e. The number of ether oxygens (including phenoxy) is 6. The molecule has 1 N–H and O–H groups in total. The van der Waals surface area contributed by atoms with Crippen molar-refractivity contribution in [1.29, 1.82) is 0 Å². The second-order valence-corrected chi connectivity index (χ2v) is 12.4. The molecule has 0 spiro atoms. The van der Waals surface area contributed by atoms with Gasteiger partial charge >= 0.3 is 11.9 Å². The third kappa shape index (κ3) is 7.33. The lowest BCUT2D eigenvalue weighted by Crippen LogP contribution is -2.46. The Morgan fingerprint density at radius 3 is 2.54 bits per heavy atom. The number of hydrogen-bond acceptors (Lipinski definition) is 10. The molecule has 0 amide bonds. The normalized spacial score (nSPS) is 21.4. The van der Waals surface area contributed by atoms with E-state index in [1.54, 1.807) is 13.8 Å². The quantitative estimate of drug-likeness (QED) is 0.284. The first kappa shape index (κ1) is 33.3. The molecule has 0 aromatic heterocycles. The summed E-state index contributed by atoms with van der Waals surface area (Å²) in [5, 5.41) is 11.7. The summed E-state index contributed by atoms with van der Waals surface area (Å²) in [5.41, 5.74) is -0.157. The topological polar surface area (TPSA) is 113 Å². The lowest BCUT2D eigenvalue weighted by Gasteiger charge is -2.33. The molecule has 0 bridgehead atoms. The molecule has 4 atom stereocenters. The number of carbonyl (C=O) groups excluding carboxylic acids is 2. The van der Waals surface area contributed by atoms with Crippen molar-refractivity contribution in [3.8, 4) is 23.3 Å². The molecular formula is C36H43NO9. The van der Waals surface area contributed by atoms with Crippen LogP contribution in [0.2, 0.25) is 0 Å². The van der Waals surface area contributed by atoms with Gasteiger partial charge in [0, 0.05) is 24.9 Å². The number of nitrogens with zero attached hydrogens (tertiary/aromatic N) is 1. The van der Waals surface area contributed by atoms with E-state index >= 15 is 0 Å². The van der Waals surface area contributed by atoms with Gasteiger partial charge < -0.3 is 33.5 Å². The fourth-order valence-electron chi connectivity index (χ4n) is 6.23. The van der Waals surface area contributed by atoms with Gasteiger partial charge in [0.1, 0.15) is 11.4 Å². The van der Waals surface area contributed by atoms with Crippen LogP contribution in [0.4, 0.5) is 0 Å². The van der Waals surface area contributed by atoms with Crippen LogP contribution >= 0.6 is 0 Å². The van der Waals surface area contributed by atoms with E-state index in [0.29, 0.717) is 23.9 Å². The number of benzene rings is 2. The molecule has 1 aliphatic carbocycles. The zero-order valence-corrected chi connectivity index (χ0v) is 27.2. The van der Waals surface area contributed by atoms with Crippen molar-refractivity contribution in [3.63, 3.8) is 0 Å². The van der Waals surface area contributed by atoms with Gasteiger partial charge in [-0.25, -0.2) is 4.79 Å². The van der Waals surface area contributed by atoms with E-state index in [1.165, 1.54) is 14.2 Å². The molecule has 246 valence electrons. The Labute approximate surface area is 270 Å². The summed E-state index contributed by atoms with van der Waals surface area (Å²) in [4.78, 5) is 28.7. The van der Waals surface area contributed by atoms with E-state index in [-0.39, 0.29) is 25.2 Å². The first-order valence-electron chi connectivity index (χ1n) is 15.7. The Hall–Kier alpha value is -4.04. The van der Waals surface area contributed by atoms with Crippen LogP contribution in [-0.2, 0) is 41.6 Å². The smallest absolute Gasteiger partial charge is 0.340 e. The van der Waals surface area contributed by atoms with Crippen molar-refractivity contribution in [1.82, 2.24) is 4.90 Å². The van der Waals surface area contributed by atoms with Gasteiger partial charge in [-0.05, 0) is 68.1 Å². The second kappa shape index (κ2) is 14.2. The van der Waals surface area contributed by atoms with E-state index < -0.39 is 35.7 Å². The molecule has 10 heteroatoms. The van der Waals surface area contributed by atoms with Gasteiger partial charge in [0.05, 0.1) is 27.2 Å². The molecule has 0 radical (unpaired) electrons. The number of fused-ring (bicyclic) bond motifs is 4. The van der Waals surface area contributed by atoms with Gasteiger partial charge in [0.15, 0.2) is 23.2 Å². The Bertz CT molecular complexity index is 1510. The minimum absolute atomic E-state index is 0.134. The average Bonchev–Trinajstić information content (AvgIpc) is 3.62. The van der Waals surface area contributed by atoms with Crippen molar-refractivity contribution in [2.75, 3.05) is 34.1 Å². The number of methoxy groups -OCH3 is 2. The zero-order valence-electron chi connectivity index (χ0n) is 27.2. The molecule has 10 nitrogen and oxygen atoms in total. The van der Waals surface area contributed by atoms with Crippen LogP contribution in [0, 0.1) is 11.8 Å². The van der Waals surface area contributed by atoms with Crippen LogP contribution < -0.4 is 9.47 Å². The van der Waals surface area contributed by atoms with Crippen molar-refractivity contribution >= 4 is 11.9 Å². The average molecular weight is 634 g/mol. The van der Waals surface area contributed by atoms with Crippen LogP contribution in [0.3, 0.4) is 0 Å². The van der Waals surface area contributed by atoms with E-state index in [1.807, 2.05) is 48.5 Å². The molecule has 0 saturated heterocycles. The number of carbonyl (C=O) groups is 2. The SMILES string of the molecule is CCCN1CCc2cc3c(cc2[C@H]2C1C=C(OC)[C@H]2OC(=O)[C@@](O)(CC#CC(C)(C)OCc1ccccc1)CC(=O)OC)OCO3. The fraction of sp³-hybridized carbons (Fsp3) is 0.500. The number of rotatable bonds is 11. The summed E-state index contributed by atoms with van der Waals surface area (Å²) in [5.74, 6) is 5.55. The molecule has 2 aliphatic heterocycles. The third-order valence-corrected chi connectivity index (χ3v) is 8.63. The first-order chi connectivity index (χ1) is 22.1. The Kier molecular flexibility index (Phi) is 10.3. The van der Waals surface area contributed by atoms with Crippen molar-refractivity contribution in [3.05, 3.63) is 71.0 Å². The zero-order chi connectivity index (χ0) is 32.9. The van der Waals surface area contributed by atoms with Crippen molar-refractivity contribution in [2.45, 2.75) is 82.3 Å². The standard InChI is InChI=1S/C36H43NO9/c1-6-16-37-17-13-25-18-28-29(44-23-43-28)19-26(25)32-27(37)20-30(41-4)33(32)46-34(39)36(40,21-31(38)42-5)15-10-14-35(2,3)45-22-24-11-8-7-9-12-24/h7-9,11-12,18-20,27,32-33,40H,6,13,15-17,21-23H2,1-5H3/t27?,32-,33+,36+/m0/s1. The predicted molar refractivity (Wildman–Crippen MR) is 169 cm³/mol. The molecule has 0 saturated carbocycles.